The molecule has 2 atom stereocenters. The lowest BCUT2D eigenvalue weighted by molar-refractivity contribution is 0.0304. The lowest BCUT2D eigenvalue weighted by atomic mass is 9.64. The summed E-state index contributed by atoms with van der Waals surface area (Å²) in [4.78, 5) is 2.64. The van der Waals surface area contributed by atoms with Gasteiger partial charge in [-0.3, -0.25) is 4.90 Å². The summed E-state index contributed by atoms with van der Waals surface area (Å²) in [5.74, 6) is 0. The van der Waals surface area contributed by atoms with Crippen LogP contribution in [0.1, 0.15) is 46.0 Å². The summed E-state index contributed by atoms with van der Waals surface area (Å²) >= 11 is 0. The number of nitrogens with zero attached hydrogens (tertiary/aromatic N) is 1. The molecule has 1 aliphatic heterocycles. The molecule has 0 unspecified atom stereocenters. The fourth-order valence-electron chi connectivity index (χ4n) is 3.41. The zero-order chi connectivity index (χ0) is 10.2. The lowest BCUT2D eigenvalue weighted by Gasteiger charge is -2.48. The standard InChI is InChI=1S/C12H24N2/c1-3-8-14-9-5-10(13)11(14)12(2)6-4-7-12/h10-11H,3-9,13H2,1-2H3/t10-,11-/m0/s1. The highest BCUT2D eigenvalue weighted by Crippen LogP contribution is 2.48. The van der Waals surface area contributed by atoms with Crippen LogP contribution in [-0.2, 0) is 0 Å². The van der Waals surface area contributed by atoms with Gasteiger partial charge in [0, 0.05) is 18.6 Å². The van der Waals surface area contributed by atoms with Crippen LogP contribution in [0.2, 0.25) is 0 Å². The molecular weight excluding hydrogens is 172 g/mol. The minimum absolute atomic E-state index is 0.437. The summed E-state index contributed by atoms with van der Waals surface area (Å²) in [6, 6.07) is 1.11. The van der Waals surface area contributed by atoms with Crippen LogP contribution >= 0.6 is 0 Å². The van der Waals surface area contributed by atoms with E-state index < -0.39 is 0 Å². The molecule has 0 aromatic heterocycles. The summed E-state index contributed by atoms with van der Waals surface area (Å²) in [6.45, 7) is 7.18. The van der Waals surface area contributed by atoms with E-state index in [0.29, 0.717) is 17.5 Å². The van der Waals surface area contributed by atoms with Crippen molar-refractivity contribution in [1.82, 2.24) is 4.90 Å². The summed E-state index contributed by atoms with van der Waals surface area (Å²) in [7, 11) is 0. The molecule has 2 N–H and O–H groups in total. The zero-order valence-electron chi connectivity index (χ0n) is 9.63. The van der Waals surface area contributed by atoms with Gasteiger partial charge in [-0.05, 0) is 37.6 Å². The van der Waals surface area contributed by atoms with Crippen LogP contribution in [0.5, 0.6) is 0 Å². The topological polar surface area (TPSA) is 29.3 Å². The Morgan fingerprint density at radius 3 is 2.64 bits per heavy atom. The Labute approximate surface area is 87.8 Å². The van der Waals surface area contributed by atoms with Crippen LogP contribution < -0.4 is 5.73 Å². The van der Waals surface area contributed by atoms with E-state index in [1.807, 2.05) is 0 Å². The summed E-state index contributed by atoms with van der Waals surface area (Å²) < 4.78 is 0. The fourth-order valence-corrected chi connectivity index (χ4v) is 3.41. The van der Waals surface area contributed by atoms with Crippen molar-refractivity contribution in [2.24, 2.45) is 11.1 Å². The van der Waals surface area contributed by atoms with Crippen LogP contribution in [0.25, 0.3) is 0 Å². The summed E-state index contributed by atoms with van der Waals surface area (Å²) in [5, 5.41) is 0. The smallest absolute Gasteiger partial charge is 0.0301 e. The second-order valence-electron chi connectivity index (χ2n) is 5.44. The quantitative estimate of drug-likeness (QED) is 0.748. The number of rotatable bonds is 3. The number of likely N-dealkylation sites (tertiary alicyclic amines) is 1. The van der Waals surface area contributed by atoms with Gasteiger partial charge in [-0.1, -0.05) is 20.3 Å². The molecule has 1 saturated carbocycles. The average molecular weight is 196 g/mol. The molecule has 1 saturated heterocycles. The van der Waals surface area contributed by atoms with E-state index in [9.17, 15) is 0 Å². The molecule has 2 heteroatoms. The predicted molar refractivity (Wildman–Crippen MR) is 60.2 cm³/mol. The third-order valence-electron chi connectivity index (χ3n) is 4.27. The van der Waals surface area contributed by atoms with Crippen molar-refractivity contribution >= 4 is 0 Å². The molecule has 0 aromatic rings. The van der Waals surface area contributed by atoms with E-state index in [1.165, 1.54) is 45.2 Å². The van der Waals surface area contributed by atoms with E-state index in [4.69, 9.17) is 5.73 Å². The lowest BCUT2D eigenvalue weighted by Crippen LogP contribution is -2.53. The highest BCUT2D eigenvalue weighted by Gasteiger charge is 2.47. The molecule has 0 spiro atoms. The second-order valence-corrected chi connectivity index (χ2v) is 5.44. The molecule has 82 valence electrons. The van der Waals surface area contributed by atoms with Crippen LogP contribution in [-0.4, -0.2) is 30.1 Å². The molecule has 14 heavy (non-hydrogen) atoms. The molecule has 0 aromatic carbocycles. The Morgan fingerprint density at radius 2 is 2.14 bits per heavy atom. The number of nitrogens with two attached hydrogens (primary N) is 1. The molecule has 1 heterocycles. The first-order valence-corrected chi connectivity index (χ1v) is 6.17. The maximum Gasteiger partial charge on any atom is 0.0301 e. The van der Waals surface area contributed by atoms with Crippen molar-refractivity contribution in [2.45, 2.75) is 58.0 Å². The van der Waals surface area contributed by atoms with Crippen LogP contribution in [0, 0.1) is 5.41 Å². The van der Waals surface area contributed by atoms with Crippen LogP contribution in [0.4, 0.5) is 0 Å². The maximum absolute atomic E-state index is 6.25. The van der Waals surface area contributed by atoms with Gasteiger partial charge in [0.15, 0.2) is 0 Å². The molecule has 2 fully saturated rings. The summed E-state index contributed by atoms with van der Waals surface area (Å²) in [6.07, 6.45) is 6.68. The Morgan fingerprint density at radius 1 is 1.43 bits per heavy atom. The van der Waals surface area contributed by atoms with Gasteiger partial charge in [0.2, 0.25) is 0 Å². The van der Waals surface area contributed by atoms with E-state index in [1.54, 1.807) is 0 Å². The average Bonchev–Trinajstić information content (AvgIpc) is 2.45. The SMILES string of the molecule is CCCN1CC[C@H](N)[C@H]1C1(C)CCC1. The molecule has 2 aliphatic rings. The van der Waals surface area contributed by atoms with E-state index >= 15 is 0 Å². The van der Waals surface area contributed by atoms with Gasteiger partial charge in [-0.2, -0.15) is 0 Å². The number of hydrogen-bond donors (Lipinski definition) is 1. The van der Waals surface area contributed by atoms with Gasteiger partial charge in [0.1, 0.15) is 0 Å². The predicted octanol–water partition coefficient (Wildman–Crippen LogP) is 1.99. The Hall–Kier alpha value is -0.0800. The summed E-state index contributed by atoms with van der Waals surface area (Å²) in [5.41, 5.74) is 6.80. The third-order valence-corrected chi connectivity index (χ3v) is 4.27. The normalized spacial score (nSPS) is 37.1. The van der Waals surface area contributed by atoms with Gasteiger partial charge < -0.3 is 5.73 Å². The molecule has 0 bridgehead atoms. The van der Waals surface area contributed by atoms with E-state index in [0.717, 1.165) is 0 Å². The van der Waals surface area contributed by atoms with Crippen molar-refractivity contribution in [3.8, 4) is 0 Å². The molecule has 0 radical (unpaired) electrons. The van der Waals surface area contributed by atoms with Gasteiger partial charge in [-0.15, -0.1) is 0 Å². The fraction of sp³-hybridized carbons (Fsp3) is 1.00. The van der Waals surface area contributed by atoms with Crippen molar-refractivity contribution in [1.29, 1.82) is 0 Å². The highest BCUT2D eigenvalue weighted by molar-refractivity contribution is 5.03. The van der Waals surface area contributed by atoms with Crippen molar-refractivity contribution in [2.75, 3.05) is 13.1 Å². The first-order valence-electron chi connectivity index (χ1n) is 6.17. The van der Waals surface area contributed by atoms with E-state index in [2.05, 4.69) is 18.7 Å². The minimum atomic E-state index is 0.437. The Bertz CT molecular complexity index is 196. The molecular formula is C12H24N2. The van der Waals surface area contributed by atoms with Crippen LogP contribution in [0.15, 0.2) is 0 Å². The molecule has 2 nitrogen and oxygen atoms in total. The first-order chi connectivity index (χ1) is 6.67. The van der Waals surface area contributed by atoms with Crippen molar-refractivity contribution < 1.29 is 0 Å². The van der Waals surface area contributed by atoms with Gasteiger partial charge >= 0.3 is 0 Å². The first kappa shape index (κ1) is 10.4. The largest absolute Gasteiger partial charge is 0.326 e. The van der Waals surface area contributed by atoms with Crippen LogP contribution in [0.3, 0.4) is 0 Å². The molecule has 0 amide bonds. The number of hydrogen-bond acceptors (Lipinski definition) is 2. The van der Waals surface area contributed by atoms with E-state index in [-0.39, 0.29) is 0 Å². The Balaban J connectivity index is 2.05. The second kappa shape index (κ2) is 3.82. The van der Waals surface area contributed by atoms with Gasteiger partial charge in [0.05, 0.1) is 0 Å². The maximum atomic E-state index is 6.25. The highest BCUT2D eigenvalue weighted by atomic mass is 15.2. The Kier molecular flexibility index (Phi) is 2.85. The molecule has 2 rings (SSSR count). The van der Waals surface area contributed by atoms with Crippen molar-refractivity contribution in [3.05, 3.63) is 0 Å². The minimum Gasteiger partial charge on any atom is -0.326 e. The van der Waals surface area contributed by atoms with Gasteiger partial charge in [-0.25, -0.2) is 0 Å². The monoisotopic (exact) mass is 196 g/mol. The zero-order valence-corrected chi connectivity index (χ0v) is 9.63. The van der Waals surface area contributed by atoms with Gasteiger partial charge in [0.25, 0.3) is 0 Å². The van der Waals surface area contributed by atoms with Crippen molar-refractivity contribution in [3.63, 3.8) is 0 Å². The third kappa shape index (κ3) is 1.59. The molecule has 1 aliphatic carbocycles.